The predicted octanol–water partition coefficient (Wildman–Crippen LogP) is 2.00. The number of benzene rings is 1. The van der Waals surface area contributed by atoms with Crippen molar-refractivity contribution in [2.24, 2.45) is 0 Å². The minimum Gasteiger partial charge on any atom is -0.484 e. The minimum atomic E-state index is -0.491. The van der Waals surface area contributed by atoms with Crippen LogP contribution in [0, 0.1) is 0 Å². The lowest BCUT2D eigenvalue weighted by Gasteiger charge is -2.11. The van der Waals surface area contributed by atoms with E-state index < -0.39 is 6.10 Å². The molecule has 0 radical (unpaired) electrons. The number of ether oxygens (including phenoxy) is 1. The molecule has 0 aliphatic carbocycles. The number of aliphatic hydroxyl groups excluding tert-OH is 1. The first kappa shape index (κ1) is 14.8. The average Bonchev–Trinajstić information content (AvgIpc) is 2.36. The second-order valence-corrected chi connectivity index (χ2v) is 4.43. The number of halogens is 1. The summed E-state index contributed by atoms with van der Waals surface area (Å²) in [6.45, 7) is 2.17. The summed E-state index contributed by atoms with van der Waals surface area (Å²) < 4.78 is 5.26. The fourth-order valence-electron chi connectivity index (χ4n) is 1.40. The quantitative estimate of drug-likeness (QED) is 0.797. The standard InChI is InChI=1S/C13H18ClNO3/c1-2-3-11(16)8-15-13(17)9-18-12-6-4-10(14)5-7-12/h4-7,11,16H,2-3,8-9H2,1H3,(H,15,17). The van der Waals surface area contributed by atoms with Crippen molar-refractivity contribution < 1.29 is 14.6 Å². The van der Waals surface area contributed by atoms with Gasteiger partial charge in [-0.05, 0) is 30.7 Å². The van der Waals surface area contributed by atoms with E-state index >= 15 is 0 Å². The van der Waals surface area contributed by atoms with Gasteiger partial charge in [-0.3, -0.25) is 4.79 Å². The molecule has 1 amide bonds. The number of carbonyl (C=O) groups is 1. The van der Waals surface area contributed by atoms with E-state index in [4.69, 9.17) is 16.3 Å². The number of hydrogen-bond acceptors (Lipinski definition) is 3. The van der Waals surface area contributed by atoms with Crippen LogP contribution < -0.4 is 10.1 Å². The van der Waals surface area contributed by atoms with Crippen molar-refractivity contribution in [1.29, 1.82) is 0 Å². The molecule has 1 atom stereocenters. The maximum Gasteiger partial charge on any atom is 0.258 e. The van der Waals surface area contributed by atoms with Crippen LogP contribution in [0.5, 0.6) is 5.75 Å². The first-order chi connectivity index (χ1) is 8.61. The summed E-state index contributed by atoms with van der Waals surface area (Å²) in [5, 5.41) is 12.7. The number of aliphatic hydroxyl groups is 1. The van der Waals surface area contributed by atoms with Crippen LogP contribution in [0.25, 0.3) is 0 Å². The van der Waals surface area contributed by atoms with Crippen molar-refractivity contribution in [2.75, 3.05) is 13.2 Å². The molecule has 0 bridgehead atoms. The molecule has 0 aromatic heterocycles. The predicted molar refractivity (Wildman–Crippen MR) is 70.9 cm³/mol. The molecule has 0 aliphatic rings. The van der Waals surface area contributed by atoms with Crippen LogP contribution in [-0.4, -0.2) is 30.3 Å². The van der Waals surface area contributed by atoms with Crippen molar-refractivity contribution in [3.8, 4) is 5.75 Å². The summed E-state index contributed by atoms with van der Waals surface area (Å²) in [5.41, 5.74) is 0. The molecule has 0 saturated heterocycles. The normalized spacial score (nSPS) is 11.9. The Balaban J connectivity index is 2.22. The fourth-order valence-corrected chi connectivity index (χ4v) is 1.52. The van der Waals surface area contributed by atoms with Gasteiger partial charge in [0, 0.05) is 11.6 Å². The molecule has 1 aromatic rings. The Morgan fingerprint density at radius 1 is 1.44 bits per heavy atom. The monoisotopic (exact) mass is 271 g/mol. The Morgan fingerprint density at radius 2 is 2.11 bits per heavy atom. The molecule has 0 spiro atoms. The lowest BCUT2D eigenvalue weighted by atomic mass is 10.2. The van der Waals surface area contributed by atoms with Crippen molar-refractivity contribution in [3.05, 3.63) is 29.3 Å². The highest BCUT2D eigenvalue weighted by Gasteiger charge is 2.06. The third-order valence-electron chi connectivity index (χ3n) is 2.34. The molecule has 0 fully saturated rings. The summed E-state index contributed by atoms with van der Waals surface area (Å²) in [6, 6.07) is 6.78. The lowest BCUT2D eigenvalue weighted by molar-refractivity contribution is -0.123. The zero-order chi connectivity index (χ0) is 13.4. The highest BCUT2D eigenvalue weighted by molar-refractivity contribution is 6.30. The zero-order valence-corrected chi connectivity index (χ0v) is 11.1. The number of carbonyl (C=O) groups excluding carboxylic acids is 1. The van der Waals surface area contributed by atoms with Gasteiger partial charge in [0.05, 0.1) is 6.10 Å². The number of hydrogen-bond donors (Lipinski definition) is 2. The Kier molecular flexibility index (Phi) is 6.54. The molecule has 1 rings (SSSR count). The molecular weight excluding hydrogens is 254 g/mol. The van der Waals surface area contributed by atoms with Crippen LogP contribution in [-0.2, 0) is 4.79 Å². The van der Waals surface area contributed by atoms with E-state index in [1.54, 1.807) is 24.3 Å². The van der Waals surface area contributed by atoms with Gasteiger partial charge in [0.15, 0.2) is 6.61 Å². The fraction of sp³-hybridized carbons (Fsp3) is 0.462. The van der Waals surface area contributed by atoms with Gasteiger partial charge < -0.3 is 15.2 Å². The van der Waals surface area contributed by atoms with Crippen molar-refractivity contribution in [1.82, 2.24) is 5.32 Å². The molecule has 1 aromatic carbocycles. The maximum atomic E-state index is 11.4. The summed E-state index contributed by atoms with van der Waals surface area (Å²) in [7, 11) is 0. The number of amides is 1. The van der Waals surface area contributed by atoms with Gasteiger partial charge in [-0.1, -0.05) is 24.9 Å². The van der Waals surface area contributed by atoms with E-state index in [-0.39, 0.29) is 19.1 Å². The minimum absolute atomic E-state index is 0.0690. The van der Waals surface area contributed by atoms with Crippen LogP contribution >= 0.6 is 11.6 Å². The Bertz CT molecular complexity index is 367. The van der Waals surface area contributed by atoms with E-state index in [1.165, 1.54) is 0 Å². The molecule has 18 heavy (non-hydrogen) atoms. The largest absolute Gasteiger partial charge is 0.484 e. The highest BCUT2D eigenvalue weighted by Crippen LogP contribution is 2.15. The Labute approximate surface area is 112 Å². The van der Waals surface area contributed by atoms with Gasteiger partial charge in [-0.2, -0.15) is 0 Å². The first-order valence-electron chi connectivity index (χ1n) is 5.95. The molecular formula is C13H18ClNO3. The van der Waals surface area contributed by atoms with E-state index in [1.807, 2.05) is 6.92 Å². The zero-order valence-electron chi connectivity index (χ0n) is 10.4. The van der Waals surface area contributed by atoms with Gasteiger partial charge in [0.25, 0.3) is 5.91 Å². The van der Waals surface area contributed by atoms with Gasteiger partial charge in [-0.15, -0.1) is 0 Å². The van der Waals surface area contributed by atoms with Gasteiger partial charge in [-0.25, -0.2) is 0 Å². The van der Waals surface area contributed by atoms with E-state index in [0.29, 0.717) is 17.2 Å². The van der Waals surface area contributed by atoms with E-state index in [9.17, 15) is 9.90 Å². The molecule has 0 aliphatic heterocycles. The summed E-state index contributed by atoms with van der Waals surface area (Å²) in [5.74, 6) is 0.337. The van der Waals surface area contributed by atoms with Gasteiger partial charge >= 0.3 is 0 Å². The van der Waals surface area contributed by atoms with E-state index in [2.05, 4.69) is 5.32 Å². The van der Waals surface area contributed by atoms with Crippen molar-refractivity contribution in [3.63, 3.8) is 0 Å². The average molecular weight is 272 g/mol. The summed E-state index contributed by atoms with van der Waals surface area (Å²) in [4.78, 5) is 11.4. The van der Waals surface area contributed by atoms with Gasteiger partial charge in [0.2, 0.25) is 0 Å². The van der Waals surface area contributed by atoms with Crippen LogP contribution in [0.15, 0.2) is 24.3 Å². The SMILES string of the molecule is CCCC(O)CNC(=O)COc1ccc(Cl)cc1. The molecule has 0 saturated carbocycles. The van der Waals surface area contributed by atoms with Crippen molar-refractivity contribution in [2.45, 2.75) is 25.9 Å². The lowest BCUT2D eigenvalue weighted by Crippen LogP contribution is -2.35. The highest BCUT2D eigenvalue weighted by atomic mass is 35.5. The Hall–Kier alpha value is -1.26. The third kappa shape index (κ3) is 5.89. The number of rotatable bonds is 7. The van der Waals surface area contributed by atoms with Crippen molar-refractivity contribution >= 4 is 17.5 Å². The van der Waals surface area contributed by atoms with Crippen LogP contribution in [0.1, 0.15) is 19.8 Å². The first-order valence-corrected chi connectivity index (χ1v) is 6.32. The molecule has 100 valence electrons. The maximum absolute atomic E-state index is 11.4. The van der Waals surface area contributed by atoms with Crippen LogP contribution in [0.2, 0.25) is 5.02 Å². The molecule has 5 heteroatoms. The van der Waals surface area contributed by atoms with E-state index in [0.717, 1.165) is 6.42 Å². The van der Waals surface area contributed by atoms with Crippen LogP contribution in [0.4, 0.5) is 0 Å². The van der Waals surface area contributed by atoms with Gasteiger partial charge in [0.1, 0.15) is 5.75 Å². The second-order valence-electron chi connectivity index (χ2n) is 3.99. The summed E-state index contributed by atoms with van der Waals surface area (Å²) in [6.07, 6.45) is 1.07. The molecule has 2 N–H and O–H groups in total. The molecule has 0 heterocycles. The molecule has 1 unspecified atom stereocenters. The topological polar surface area (TPSA) is 58.6 Å². The summed E-state index contributed by atoms with van der Waals surface area (Å²) >= 11 is 5.73. The van der Waals surface area contributed by atoms with Crippen LogP contribution in [0.3, 0.4) is 0 Å². The second kappa shape index (κ2) is 7.95. The number of nitrogens with one attached hydrogen (secondary N) is 1. The smallest absolute Gasteiger partial charge is 0.258 e. The Morgan fingerprint density at radius 3 is 2.72 bits per heavy atom. The third-order valence-corrected chi connectivity index (χ3v) is 2.59. The molecule has 4 nitrogen and oxygen atoms in total.